The Labute approximate surface area is 308 Å². The average molecular weight is 771 g/mol. The number of carbonyl (C=O) groups is 2. The van der Waals surface area contributed by atoms with E-state index in [-0.39, 0.29) is 56.0 Å². The first-order valence-electron chi connectivity index (χ1n) is 17.3. The number of ether oxygens (including phenoxy) is 8. The number of aromatic nitrogens is 1. The number of fused-ring (bicyclic) bond motifs is 1. The largest absolute Gasteiger partial charge is 0.479 e. The number of aliphatic carboxylic acids is 1. The lowest BCUT2D eigenvalue weighted by molar-refractivity contribution is -0.153. The summed E-state index contributed by atoms with van der Waals surface area (Å²) in [5, 5.41) is 18.8. The third-order valence-electron chi connectivity index (χ3n) is 7.93. The lowest BCUT2D eigenvalue weighted by atomic mass is 10.0. The molecular formula is C36H45F3N2O13. The van der Waals surface area contributed by atoms with Crippen LogP contribution in [-0.4, -0.2) is 139 Å². The summed E-state index contributed by atoms with van der Waals surface area (Å²) in [6.45, 7) is 4.13. The highest BCUT2D eigenvalue weighted by molar-refractivity contribution is 5.95. The molecular weight excluding hydrogens is 725 g/mol. The fourth-order valence-electron chi connectivity index (χ4n) is 5.38. The Morgan fingerprint density at radius 1 is 0.815 bits per heavy atom. The number of carboxylic acid groups (broad SMARTS) is 1. The van der Waals surface area contributed by atoms with Crippen molar-refractivity contribution in [1.82, 2.24) is 4.98 Å². The van der Waals surface area contributed by atoms with Gasteiger partial charge in [0.05, 0.1) is 105 Å². The smallest absolute Gasteiger partial charge is 0.417 e. The number of H-pyrrole nitrogens is 1. The summed E-state index contributed by atoms with van der Waals surface area (Å²) in [5.74, 6) is -1.24. The number of anilines is 1. The van der Waals surface area contributed by atoms with Crippen LogP contribution in [-0.2, 0) is 48.9 Å². The van der Waals surface area contributed by atoms with Crippen LogP contribution in [0.3, 0.4) is 0 Å². The van der Waals surface area contributed by atoms with E-state index in [1.54, 1.807) is 0 Å². The zero-order valence-corrected chi connectivity index (χ0v) is 29.6. The number of amides is 1. The van der Waals surface area contributed by atoms with E-state index in [9.17, 15) is 32.7 Å². The third-order valence-corrected chi connectivity index (χ3v) is 7.93. The molecule has 0 radical (unpaired) electrons. The minimum atomic E-state index is -4.63. The molecule has 2 aromatic carbocycles. The maximum atomic E-state index is 13.6. The van der Waals surface area contributed by atoms with Gasteiger partial charge in [-0.25, -0.2) is 9.59 Å². The fourth-order valence-corrected chi connectivity index (χ4v) is 5.38. The zero-order valence-electron chi connectivity index (χ0n) is 29.6. The van der Waals surface area contributed by atoms with E-state index < -0.39 is 41.6 Å². The summed E-state index contributed by atoms with van der Waals surface area (Å²) in [5.41, 5.74) is -1.43. The normalized spacial score (nSPS) is 15.2. The summed E-state index contributed by atoms with van der Waals surface area (Å²) < 4.78 is 83.7. The number of hydrogen-bond donors (Lipinski definition) is 3. The molecule has 1 aliphatic heterocycles. The molecule has 2 heterocycles. The van der Waals surface area contributed by atoms with Crippen LogP contribution in [0.2, 0.25) is 0 Å². The van der Waals surface area contributed by atoms with Crippen molar-refractivity contribution in [3.8, 4) is 11.3 Å². The highest BCUT2D eigenvalue weighted by atomic mass is 19.4. The molecule has 1 fully saturated rings. The van der Waals surface area contributed by atoms with Crippen LogP contribution in [0.15, 0.2) is 53.3 Å². The Kier molecular flexibility index (Phi) is 17.6. The molecule has 298 valence electrons. The summed E-state index contributed by atoms with van der Waals surface area (Å²) in [6.07, 6.45) is -7.64. The number of halogens is 3. The van der Waals surface area contributed by atoms with E-state index in [0.29, 0.717) is 77.1 Å². The number of nitrogens with one attached hydrogen (secondary N) is 1. The van der Waals surface area contributed by atoms with Crippen LogP contribution in [0.25, 0.3) is 22.0 Å². The quantitative estimate of drug-likeness (QED) is 0.101. The lowest BCUT2D eigenvalue weighted by Crippen LogP contribution is -2.32. The zero-order chi connectivity index (χ0) is 38.8. The second kappa shape index (κ2) is 22.3. The molecule has 2 atom stereocenters. The molecule has 1 aromatic heterocycles. The number of cyclic esters (lactones) is 1. The number of carbonyl (C=O) groups excluding carboxylic acids is 1. The number of aliphatic hydroxyl groups excluding tert-OH is 1. The van der Waals surface area contributed by atoms with Gasteiger partial charge in [0, 0.05) is 28.8 Å². The summed E-state index contributed by atoms with van der Waals surface area (Å²) in [4.78, 5) is 41.4. The van der Waals surface area contributed by atoms with Crippen LogP contribution < -0.4 is 10.5 Å². The molecule has 4 rings (SSSR count). The second-order valence-electron chi connectivity index (χ2n) is 11.8. The fraction of sp³-hybridized carbons (Fsp3) is 0.528. The molecule has 54 heavy (non-hydrogen) atoms. The molecule has 0 spiro atoms. The topological polar surface area (TPSA) is 185 Å². The van der Waals surface area contributed by atoms with Gasteiger partial charge in [0.1, 0.15) is 6.10 Å². The monoisotopic (exact) mass is 770 g/mol. The predicted octanol–water partition coefficient (Wildman–Crippen LogP) is 3.49. The van der Waals surface area contributed by atoms with Gasteiger partial charge in [-0.05, 0) is 29.7 Å². The van der Waals surface area contributed by atoms with Crippen molar-refractivity contribution in [2.75, 3.05) is 104 Å². The molecule has 1 amide bonds. The number of benzene rings is 2. The average Bonchev–Trinajstić information content (AvgIpc) is 3.52. The molecule has 15 nitrogen and oxygen atoms in total. The first-order valence-corrected chi connectivity index (χ1v) is 17.3. The van der Waals surface area contributed by atoms with Crippen LogP contribution in [0.4, 0.5) is 23.7 Å². The van der Waals surface area contributed by atoms with Gasteiger partial charge in [-0.15, -0.1) is 0 Å². The third kappa shape index (κ3) is 13.6. The van der Waals surface area contributed by atoms with Crippen molar-refractivity contribution in [3.63, 3.8) is 0 Å². The van der Waals surface area contributed by atoms with E-state index in [0.717, 1.165) is 6.07 Å². The lowest BCUT2D eigenvalue weighted by Gasteiger charge is -2.17. The van der Waals surface area contributed by atoms with E-state index in [4.69, 9.17) is 43.0 Å². The molecule has 3 N–H and O–H groups in total. The van der Waals surface area contributed by atoms with Crippen LogP contribution in [0, 0.1) is 0 Å². The Hall–Kier alpha value is -4.14. The second-order valence-corrected chi connectivity index (χ2v) is 11.8. The van der Waals surface area contributed by atoms with Crippen LogP contribution in [0.1, 0.15) is 12.0 Å². The first kappa shape index (κ1) is 42.6. The van der Waals surface area contributed by atoms with Crippen LogP contribution >= 0.6 is 0 Å². The molecule has 0 bridgehead atoms. The van der Waals surface area contributed by atoms with Crippen molar-refractivity contribution in [2.45, 2.75) is 24.8 Å². The van der Waals surface area contributed by atoms with Gasteiger partial charge in [-0.3, -0.25) is 9.69 Å². The van der Waals surface area contributed by atoms with Gasteiger partial charge >= 0.3 is 18.2 Å². The predicted molar refractivity (Wildman–Crippen MR) is 187 cm³/mol. The van der Waals surface area contributed by atoms with E-state index in [2.05, 4.69) is 4.98 Å². The Morgan fingerprint density at radius 2 is 1.37 bits per heavy atom. The summed E-state index contributed by atoms with van der Waals surface area (Å²) in [7, 11) is 0. The van der Waals surface area contributed by atoms with Gasteiger partial charge in [-0.2, -0.15) is 13.2 Å². The van der Waals surface area contributed by atoms with Crippen molar-refractivity contribution < 1.29 is 70.9 Å². The SMILES string of the molecule is O=C(O)C(C[C@H]1CN(c2ccc3cc(-c4ccccc4C(F)(F)F)[nH]c(=O)c3c2)C(=O)O1)OCCOCCOCCOCCOCCOCCOCCO. The maximum Gasteiger partial charge on any atom is 0.417 e. The van der Waals surface area contributed by atoms with Gasteiger partial charge in [-0.1, -0.05) is 24.3 Å². The number of aromatic amines is 1. The van der Waals surface area contributed by atoms with E-state index in [1.807, 2.05) is 0 Å². The number of pyridine rings is 1. The number of hydrogen-bond acceptors (Lipinski definition) is 12. The number of aliphatic hydroxyl groups is 1. The molecule has 18 heteroatoms. The Balaban J connectivity index is 1.11. The van der Waals surface area contributed by atoms with Gasteiger partial charge in [0.2, 0.25) is 0 Å². The number of carboxylic acids is 1. The molecule has 0 saturated carbocycles. The molecule has 0 aliphatic carbocycles. The molecule has 3 aromatic rings. The van der Waals surface area contributed by atoms with Crippen LogP contribution in [0.5, 0.6) is 0 Å². The number of alkyl halides is 3. The first-order chi connectivity index (χ1) is 26.1. The Bertz CT molecular complexity index is 1670. The van der Waals surface area contributed by atoms with Gasteiger partial charge in [0.15, 0.2) is 6.10 Å². The Morgan fingerprint density at radius 3 is 1.93 bits per heavy atom. The highest BCUT2D eigenvalue weighted by Crippen LogP contribution is 2.37. The van der Waals surface area contributed by atoms with Crippen molar-refractivity contribution in [2.24, 2.45) is 0 Å². The van der Waals surface area contributed by atoms with Gasteiger partial charge in [0.25, 0.3) is 5.56 Å². The maximum absolute atomic E-state index is 13.6. The minimum absolute atomic E-state index is 0.00971. The number of rotatable bonds is 26. The van der Waals surface area contributed by atoms with E-state index >= 15 is 0 Å². The van der Waals surface area contributed by atoms with Crippen molar-refractivity contribution in [1.29, 1.82) is 0 Å². The van der Waals surface area contributed by atoms with Gasteiger partial charge < -0.3 is 53.1 Å². The molecule has 1 aliphatic rings. The minimum Gasteiger partial charge on any atom is -0.479 e. The summed E-state index contributed by atoms with van der Waals surface area (Å²) in [6, 6.07) is 10.8. The number of nitrogens with zero attached hydrogens (tertiary/aromatic N) is 1. The van der Waals surface area contributed by atoms with Crippen molar-refractivity contribution in [3.05, 3.63) is 64.4 Å². The van der Waals surface area contributed by atoms with E-state index in [1.165, 1.54) is 47.4 Å². The standard InChI is InChI=1S/C36H45F3N2O13/c37-36(38,39)30-4-2-1-3-28(30)31-21-25-5-6-26(22-29(25)33(43)40-31)41-24-27(54-35(41)46)23-32(34(44)45)53-20-19-52-18-17-51-16-15-50-14-13-49-12-11-48-10-9-47-8-7-42/h1-6,21-22,27,32,42H,7-20,23-24H2,(H,40,43)(H,44,45)/t27-,32?/m0/s1. The molecule has 1 saturated heterocycles. The highest BCUT2D eigenvalue weighted by Gasteiger charge is 2.36. The molecule has 1 unspecified atom stereocenters. The summed E-state index contributed by atoms with van der Waals surface area (Å²) >= 11 is 0. The van der Waals surface area contributed by atoms with Crippen molar-refractivity contribution >= 4 is 28.5 Å².